The third-order valence-electron chi connectivity index (χ3n) is 3.68. The fraction of sp³-hybridized carbons (Fsp3) is 0.368. The molecule has 0 atom stereocenters. The number of nitrogens with two attached hydrogens (primary N) is 1. The Morgan fingerprint density at radius 3 is 2.88 bits per heavy atom. The van der Waals surface area contributed by atoms with Crippen molar-refractivity contribution in [1.82, 2.24) is 10.3 Å². The lowest BCUT2D eigenvalue weighted by Gasteiger charge is -2.10. The molecule has 5 heteroatoms. The van der Waals surface area contributed by atoms with Gasteiger partial charge in [0.15, 0.2) is 0 Å². The molecule has 24 heavy (non-hydrogen) atoms. The third-order valence-corrected chi connectivity index (χ3v) is 3.68. The Morgan fingerprint density at radius 2 is 2.17 bits per heavy atom. The van der Waals surface area contributed by atoms with Gasteiger partial charge in [-0.3, -0.25) is 9.78 Å². The van der Waals surface area contributed by atoms with E-state index in [0.717, 1.165) is 24.0 Å². The Kier molecular flexibility index (Phi) is 7.08. The van der Waals surface area contributed by atoms with Gasteiger partial charge in [0.05, 0.1) is 12.3 Å². The lowest BCUT2D eigenvalue weighted by molar-refractivity contribution is -0.121. The van der Waals surface area contributed by atoms with Crippen molar-refractivity contribution >= 4 is 11.6 Å². The maximum atomic E-state index is 11.9. The number of aromatic nitrogens is 1. The Hall–Kier alpha value is -2.56. The molecule has 2 rings (SSSR count). The van der Waals surface area contributed by atoms with Crippen molar-refractivity contribution < 1.29 is 9.53 Å². The van der Waals surface area contributed by atoms with Gasteiger partial charge in [-0.1, -0.05) is 25.5 Å². The van der Waals surface area contributed by atoms with Gasteiger partial charge in [0.1, 0.15) is 5.75 Å². The number of ether oxygens (including phenoxy) is 1. The van der Waals surface area contributed by atoms with E-state index in [-0.39, 0.29) is 5.91 Å². The summed E-state index contributed by atoms with van der Waals surface area (Å²) in [4.78, 5) is 16.0. The minimum absolute atomic E-state index is 0.0145. The van der Waals surface area contributed by atoms with Crippen LogP contribution < -0.4 is 15.8 Å². The molecule has 1 amide bonds. The number of anilines is 1. The zero-order chi connectivity index (χ0) is 17.2. The molecule has 1 heterocycles. The highest BCUT2D eigenvalue weighted by molar-refractivity contribution is 5.76. The Balaban J connectivity index is 1.77. The van der Waals surface area contributed by atoms with Crippen LogP contribution in [-0.4, -0.2) is 17.5 Å². The molecule has 5 nitrogen and oxygen atoms in total. The van der Waals surface area contributed by atoms with Gasteiger partial charge in [-0.25, -0.2) is 0 Å². The molecule has 3 N–H and O–H groups in total. The summed E-state index contributed by atoms with van der Waals surface area (Å²) in [5, 5.41) is 2.89. The van der Waals surface area contributed by atoms with E-state index < -0.39 is 0 Å². The molecule has 0 spiro atoms. The number of nitrogens with one attached hydrogen (secondary N) is 1. The van der Waals surface area contributed by atoms with Crippen LogP contribution in [0.2, 0.25) is 0 Å². The van der Waals surface area contributed by atoms with Crippen LogP contribution in [0.25, 0.3) is 0 Å². The highest BCUT2D eigenvalue weighted by atomic mass is 16.5. The topological polar surface area (TPSA) is 77.2 Å². The first-order valence-corrected chi connectivity index (χ1v) is 8.36. The molecular weight excluding hydrogens is 302 g/mol. The Morgan fingerprint density at radius 1 is 1.29 bits per heavy atom. The fourth-order valence-corrected chi connectivity index (χ4v) is 2.26. The number of pyridine rings is 1. The third kappa shape index (κ3) is 5.91. The van der Waals surface area contributed by atoms with Crippen LogP contribution in [0.15, 0.2) is 42.7 Å². The highest BCUT2D eigenvalue weighted by Crippen LogP contribution is 2.23. The number of aryl methyl sites for hydroxylation is 1. The van der Waals surface area contributed by atoms with Gasteiger partial charge in [-0.15, -0.1) is 0 Å². The fourth-order valence-electron chi connectivity index (χ4n) is 2.26. The van der Waals surface area contributed by atoms with E-state index in [9.17, 15) is 4.79 Å². The number of hydrogen-bond acceptors (Lipinski definition) is 4. The number of hydrogen-bond donors (Lipinski definition) is 2. The minimum atomic E-state index is 0.0145. The number of amides is 1. The lowest BCUT2D eigenvalue weighted by Crippen LogP contribution is -2.23. The van der Waals surface area contributed by atoms with Crippen LogP contribution in [0, 0.1) is 0 Å². The SMILES string of the molecule is CCCCOc1ccc(CCC(=O)NCc2cccnc2)cc1N. The van der Waals surface area contributed by atoms with Crippen molar-refractivity contribution in [3.8, 4) is 5.75 Å². The number of unbranched alkanes of at least 4 members (excludes halogenated alkanes) is 1. The van der Waals surface area contributed by atoms with Gasteiger partial charge >= 0.3 is 0 Å². The molecule has 0 unspecified atom stereocenters. The standard InChI is InChI=1S/C19H25N3O2/c1-2-3-11-24-18-8-6-15(12-17(18)20)7-9-19(23)22-14-16-5-4-10-21-13-16/h4-6,8,10,12-13H,2-3,7,9,11,14,20H2,1H3,(H,22,23). The number of carbonyl (C=O) groups excluding carboxylic acids is 1. The quantitative estimate of drug-likeness (QED) is 0.548. The number of benzene rings is 1. The Bertz CT molecular complexity index is 644. The molecule has 0 saturated carbocycles. The molecular formula is C19H25N3O2. The molecule has 0 aliphatic carbocycles. The van der Waals surface area contributed by atoms with Crippen molar-refractivity contribution in [2.75, 3.05) is 12.3 Å². The second-order valence-electron chi connectivity index (χ2n) is 5.71. The lowest BCUT2D eigenvalue weighted by atomic mass is 10.1. The van der Waals surface area contributed by atoms with Crippen molar-refractivity contribution in [2.45, 2.75) is 39.2 Å². The van der Waals surface area contributed by atoms with Crippen LogP contribution in [0.4, 0.5) is 5.69 Å². The van der Waals surface area contributed by atoms with Crippen LogP contribution in [0.1, 0.15) is 37.3 Å². The van der Waals surface area contributed by atoms with E-state index >= 15 is 0 Å². The number of nitrogens with zero attached hydrogens (tertiary/aromatic N) is 1. The summed E-state index contributed by atoms with van der Waals surface area (Å²) in [5.41, 5.74) is 8.66. The van der Waals surface area contributed by atoms with Crippen molar-refractivity contribution in [2.24, 2.45) is 0 Å². The van der Waals surface area contributed by atoms with E-state index in [1.165, 1.54) is 0 Å². The summed E-state index contributed by atoms with van der Waals surface area (Å²) in [7, 11) is 0. The predicted molar refractivity (Wildman–Crippen MR) is 95.7 cm³/mol. The van der Waals surface area contributed by atoms with Gasteiger partial charge < -0.3 is 15.8 Å². The number of carbonyl (C=O) groups is 1. The summed E-state index contributed by atoms with van der Waals surface area (Å²) in [6.45, 7) is 3.30. The molecule has 0 fully saturated rings. The second-order valence-corrected chi connectivity index (χ2v) is 5.71. The maximum absolute atomic E-state index is 11.9. The number of nitrogen functional groups attached to an aromatic ring is 1. The summed E-state index contributed by atoms with van der Waals surface area (Å²) in [5.74, 6) is 0.730. The molecule has 0 aliphatic heterocycles. The van der Waals surface area contributed by atoms with Gasteiger partial charge in [0.25, 0.3) is 0 Å². The molecule has 128 valence electrons. The zero-order valence-electron chi connectivity index (χ0n) is 14.1. The molecule has 0 bridgehead atoms. The molecule has 2 aromatic rings. The molecule has 0 aliphatic rings. The summed E-state index contributed by atoms with van der Waals surface area (Å²) in [6, 6.07) is 9.52. The first-order valence-electron chi connectivity index (χ1n) is 8.36. The normalized spacial score (nSPS) is 10.4. The van der Waals surface area contributed by atoms with Gasteiger partial charge in [-0.2, -0.15) is 0 Å². The van der Waals surface area contributed by atoms with Crippen LogP contribution >= 0.6 is 0 Å². The van der Waals surface area contributed by atoms with E-state index in [0.29, 0.717) is 37.4 Å². The van der Waals surface area contributed by atoms with Crippen LogP contribution in [0.3, 0.4) is 0 Å². The maximum Gasteiger partial charge on any atom is 0.220 e. The van der Waals surface area contributed by atoms with Crippen molar-refractivity contribution in [1.29, 1.82) is 0 Å². The Labute approximate surface area is 143 Å². The van der Waals surface area contributed by atoms with E-state index in [2.05, 4.69) is 17.2 Å². The van der Waals surface area contributed by atoms with Gasteiger partial charge in [0.2, 0.25) is 5.91 Å². The highest BCUT2D eigenvalue weighted by Gasteiger charge is 2.06. The summed E-state index contributed by atoms with van der Waals surface area (Å²) < 4.78 is 5.64. The first kappa shape index (κ1) is 17.8. The van der Waals surface area contributed by atoms with E-state index in [4.69, 9.17) is 10.5 Å². The van der Waals surface area contributed by atoms with Crippen LogP contribution in [-0.2, 0) is 17.8 Å². The average molecular weight is 327 g/mol. The smallest absolute Gasteiger partial charge is 0.220 e. The predicted octanol–water partition coefficient (Wildman–Crippen LogP) is 3.09. The molecule has 1 aromatic heterocycles. The second kappa shape index (κ2) is 9.55. The van der Waals surface area contributed by atoms with Crippen LogP contribution in [0.5, 0.6) is 5.75 Å². The largest absolute Gasteiger partial charge is 0.491 e. The molecule has 0 radical (unpaired) electrons. The first-order chi connectivity index (χ1) is 11.7. The molecule has 0 saturated heterocycles. The minimum Gasteiger partial charge on any atom is -0.491 e. The molecule has 1 aromatic carbocycles. The van der Waals surface area contributed by atoms with Gasteiger partial charge in [0, 0.05) is 25.4 Å². The van der Waals surface area contributed by atoms with E-state index in [1.54, 1.807) is 12.4 Å². The van der Waals surface area contributed by atoms with Crippen molar-refractivity contribution in [3.63, 3.8) is 0 Å². The number of rotatable bonds is 9. The summed E-state index contributed by atoms with van der Waals surface area (Å²) >= 11 is 0. The monoisotopic (exact) mass is 327 g/mol. The summed E-state index contributed by atoms with van der Waals surface area (Å²) in [6.07, 6.45) is 6.64. The average Bonchev–Trinajstić information content (AvgIpc) is 2.61. The van der Waals surface area contributed by atoms with E-state index in [1.807, 2.05) is 30.3 Å². The van der Waals surface area contributed by atoms with Gasteiger partial charge in [-0.05, 0) is 42.2 Å². The van der Waals surface area contributed by atoms with Crippen molar-refractivity contribution in [3.05, 3.63) is 53.9 Å². The zero-order valence-corrected chi connectivity index (χ0v) is 14.1.